The number of aryl methyl sites for hydroxylation is 1. The summed E-state index contributed by atoms with van der Waals surface area (Å²) >= 11 is 0. The molecule has 0 N–H and O–H groups in total. The maximum atomic E-state index is 14.0. The van der Waals surface area contributed by atoms with Gasteiger partial charge in [-0.05, 0) is 60.9 Å². The number of carbonyl (C=O) groups is 1. The first-order valence-electron chi connectivity index (χ1n) is 11.7. The first kappa shape index (κ1) is 25.0. The van der Waals surface area contributed by atoms with E-state index in [0.29, 0.717) is 44.8 Å². The highest BCUT2D eigenvalue weighted by molar-refractivity contribution is 6.15. The average Bonchev–Trinajstić information content (AvgIpc) is 2.87. The van der Waals surface area contributed by atoms with Crippen LogP contribution in [0.25, 0.3) is 28.5 Å². The van der Waals surface area contributed by atoms with Crippen molar-refractivity contribution in [3.05, 3.63) is 119 Å². The molecule has 3 nitrogen and oxygen atoms in total. The molecule has 0 saturated heterocycles. The highest BCUT2D eigenvalue weighted by Gasteiger charge is 2.27. The van der Waals surface area contributed by atoms with Crippen molar-refractivity contribution in [1.29, 1.82) is 0 Å². The molecule has 0 fully saturated rings. The zero-order valence-electron chi connectivity index (χ0n) is 20.7. The normalized spacial score (nSPS) is 11.3. The van der Waals surface area contributed by atoms with Crippen LogP contribution in [0.5, 0.6) is 0 Å². The molecule has 182 valence electrons. The standard InChI is InChI=1S/C31H27F2NO2/c1-19(2)29-28(31(35)23-7-5-20(3)6-8-23)27(21-9-13-24(32)14-10-21)26(17-18-36-4)30(34-29)22-11-15-25(33)16-12-22/h5-19H,1-4H3/b18-17+. The summed E-state index contributed by atoms with van der Waals surface area (Å²) in [6, 6.07) is 19.5. The summed E-state index contributed by atoms with van der Waals surface area (Å²) in [6.07, 6.45) is 3.24. The topological polar surface area (TPSA) is 39.2 Å². The van der Waals surface area contributed by atoms with E-state index >= 15 is 0 Å². The minimum atomic E-state index is -0.379. The second-order valence-electron chi connectivity index (χ2n) is 8.91. The van der Waals surface area contributed by atoms with Crippen LogP contribution >= 0.6 is 0 Å². The Hall–Kier alpha value is -4.12. The Kier molecular flexibility index (Phi) is 7.39. The first-order valence-corrected chi connectivity index (χ1v) is 11.7. The monoisotopic (exact) mass is 483 g/mol. The van der Waals surface area contributed by atoms with Crippen LogP contribution in [0.15, 0.2) is 79.1 Å². The Morgan fingerprint density at radius 2 is 1.42 bits per heavy atom. The van der Waals surface area contributed by atoms with E-state index in [0.717, 1.165) is 5.56 Å². The highest BCUT2D eigenvalue weighted by Crippen LogP contribution is 2.40. The molecule has 1 aromatic heterocycles. The summed E-state index contributed by atoms with van der Waals surface area (Å²) in [5.41, 5.74) is 5.79. The lowest BCUT2D eigenvalue weighted by Crippen LogP contribution is -2.14. The Balaban J connectivity index is 2.14. The number of pyridine rings is 1. The van der Waals surface area contributed by atoms with E-state index in [2.05, 4.69) is 0 Å². The van der Waals surface area contributed by atoms with Crippen LogP contribution in [0.3, 0.4) is 0 Å². The Labute approximate surface area is 210 Å². The number of nitrogens with zero attached hydrogens (tertiary/aromatic N) is 1. The molecular formula is C31H27F2NO2. The number of aromatic nitrogens is 1. The molecule has 0 amide bonds. The van der Waals surface area contributed by atoms with E-state index in [1.165, 1.54) is 37.6 Å². The smallest absolute Gasteiger partial charge is 0.195 e. The molecule has 0 saturated carbocycles. The fraction of sp³-hybridized carbons (Fsp3) is 0.161. The summed E-state index contributed by atoms with van der Waals surface area (Å²) in [5, 5.41) is 0. The van der Waals surface area contributed by atoms with Gasteiger partial charge in [-0.1, -0.05) is 55.8 Å². The number of rotatable bonds is 7. The van der Waals surface area contributed by atoms with Gasteiger partial charge in [0, 0.05) is 22.3 Å². The van der Waals surface area contributed by atoms with Crippen molar-refractivity contribution in [1.82, 2.24) is 4.98 Å². The van der Waals surface area contributed by atoms with Crippen LogP contribution in [-0.2, 0) is 4.74 Å². The fourth-order valence-corrected chi connectivity index (χ4v) is 4.16. The van der Waals surface area contributed by atoms with Gasteiger partial charge in [0.1, 0.15) is 11.6 Å². The zero-order valence-corrected chi connectivity index (χ0v) is 20.7. The number of hydrogen-bond acceptors (Lipinski definition) is 3. The lowest BCUT2D eigenvalue weighted by molar-refractivity contribution is 0.103. The van der Waals surface area contributed by atoms with E-state index in [4.69, 9.17) is 9.72 Å². The molecular weight excluding hydrogens is 456 g/mol. The van der Waals surface area contributed by atoms with Gasteiger partial charge < -0.3 is 4.74 Å². The molecule has 4 rings (SSSR count). The van der Waals surface area contributed by atoms with Crippen LogP contribution in [0.2, 0.25) is 0 Å². The predicted molar refractivity (Wildman–Crippen MR) is 140 cm³/mol. The number of carbonyl (C=O) groups excluding carboxylic acids is 1. The van der Waals surface area contributed by atoms with Crippen molar-refractivity contribution in [3.8, 4) is 22.4 Å². The molecule has 0 aliphatic carbocycles. The lowest BCUT2D eigenvalue weighted by atomic mass is 9.84. The molecule has 0 atom stereocenters. The van der Waals surface area contributed by atoms with Crippen molar-refractivity contribution in [2.45, 2.75) is 26.7 Å². The van der Waals surface area contributed by atoms with Crippen LogP contribution in [0.4, 0.5) is 8.78 Å². The number of benzene rings is 3. The van der Waals surface area contributed by atoms with E-state index in [1.807, 2.05) is 32.9 Å². The second kappa shape index (κ2) is 10.6. The molecule has 0 bridgehead atoms. The Bertz CT molecular complexity index is 1410. The number of methoxy groups -OCH3 is 1. The largest absolute Gasteiger partial charge is 0.504 e. The molecule has 1 heterocycles. The van der Waals surface area contributed by atoms with Gasteiger partial charge in [-0.15, -0.1) is 0 Å². The fourth-order valence-electron chi connectivity index (χ4n) is 4.16. The highest BCUT2D eigenvalue weighted by atomic mass is 19.1. The van der Waals surface area contributed by atoms with Gasteiger partial charge in [0.15, 0.2) is 5.78 Å². The predicted octanol–water partition coefficient (Wildman–Crippen LogP) is 7.97. The van der Waals surface area contributed by atoms with Crippen LogP contribution in [0.1, 0.15) is 52.5 Å². The summed E-state index contributed by atoms with van der Waals surface area (Å²) in [7, 11) is 1.53. The number of halogens is 2. The summed E-state index contributed by atoms with van der Waals surface area (Å²) in [5.74, 6) is -1.02. The molecule has 3 aromatic carbocycles. The molecule has 0 spiro atoms. The van der Waals surface area contributed by atoms with Gasteiger partial charge in [0.05, 0.1) is 30.3 Å². The van der Waals surface area contributed by atoms with Gasteiger partial charge >= 0.3 is 0 Å². The van der Waals surface area contributed by atoms with E-state index in [9.17, 15) is 13.6 Å². The molecule has 5 heteroatoms. The number of ketones is 1. The minimum Gasteiger partial charge on any atom is -0.504 e. The third kappa shape index (κ3) is 5.10. The molecule has 0 aliphatic heterocycles. The quantitative estimate of drug-likeness (QED) is 0.198. The summed E-state index contributed by atoms with van der Waals surface area (Å²) < 4.78 is 32.9. The van der Waals surface area contributed by atoms with Crippen molar-refractivity contribution < 1.29 is 18.3 Å². The lowest BCUT2D eigenvalue weighted by Gasteiger charge is -2.22. The van der Waals surface area contributed by atoms with Crippen molar-refractivity contribution >= 4 is 11.9 Å². The van der Waals surface area contributed by atoms with Crippen LogP contribution in [0, 0.1) is 18.6 Å². The van der Waals surface area contributed by atoms with E-state index in [-0.39, 0.29) is 23.3 Å². The molecule has 36 heavy (non-hydrogen) atoms. The van der Waals surface area contributed by atoms with Gasteiger partial charge in [-0.25, -0.2) is 8.78 Å². The van der Waals surface area contributed by atoms with Gasteiger partial charge in [-0.3, -0.25) is 9.78 Å². The SMILES string of the molecule is CO/C=C/c1c(-c2ccc(F)cc2)nc(C(C)C)c(C(=O)c2ccc(C)cc2)c1-c1ccc(F)cc1. The Morgan fingerprint density at radius 3 is 1.94 bits per heavy atom. The van der Waals surface area contributed by atoms with Crippen molar-refractivity contribution in [2.24, 2.45) is 0 Å². The Morgan fingerprint density at radius 1 is 0.861 bits per heavy atom. The third-order valence-electron chi connectivity index (χ3n) is 5.97. The van der Waals surface area contributed by atoms with Crippen molar-refractivity contribution in [2.75, 3.05) is 7.11 Å². The van der Waals surface area contributed by atoms with Gasteiger partial charge in [-0.2, -0.15) is 0 Å². The molecule has 0 radical (unpaired) electrons. The van der Waals surface area contributed by atoms with Crippen molar-refractivity contribution in [3.63, 3.8) is 0 Å². The molecule has 0 aliphatic rings. The van der Waals surface area contributed by atoms with Crippen LogP contribution < -0.4 is 0 Å². The number of ether oxygens (including phenoxy) is 1. The van der Waals surface area contributed by atoms with Crippen LogP contribution in [-0.4, -0.2) is 17.9 Å². The molecule has 0 unspecified atom stereocenters. The van der Waals surface area contributed by atoms with E-state index in [1.54, 1.807) is 42.5 Å². The summed E-state index contributed by atoms with van der Waals surface area (Å²) in [6.45, 7) is 5.91. The number of hydrogen-bond donors (Lipinski definition) is 0. The average molecular weight is 484 g/mol. The molecule has 4 aromatic rings. The van der Waals surface area contributed by atoms with E-state index < -0.39 is 0 Å². The second-order valence-corrected chi connectivity index (χ2v) is 8.91. The summed E-state index contributed by atoms with van der Waals surface area (Å²) in [4.78, 5) is 19.0. The van der Waals surface area contributed by atoms with Gasteiger partial charge in [0.25, 0.3) is 0 Å². The third-order valence-corrected chi connectivity index (χ3v) is 5.97. The minimum absolute atomic E-state index is 0.103. The maximum absolute atomic E-state index is 14.0. The van der Waals surface area contributed by atoms with Gasteiger partial charge in [0.2, 0.25) is 0 Å². The first-order chi connectivity index (χ1) is 17.3. The maximum Gasteiger partial charge on any atom is 0.195 e. The zero-order chi connectivity index (χ0) is 25.8.